The number of amides is 1. The number of carbonyl (C=O) groups excluding carboxylic acids is 1. The third kappa shape index (κ3) is 3.18. The minimum absolute atomic E-state index is 0.0418. The molecule has 1 unspecified atom stereocenters. The van der Waals surface area contributed by atoms with Gasteiger partial charge in [0.1, 0.15) is 11.6 Å². The van der Waals surface area contributed by atoms with Gasteiger partial charge in [0.15, 0.2) is 9.84 Å². The van der Waals surface area contributed by atoms with Crippen molar-refractivity contribution in [2.75, 3.05) is 16.8 Å². The lowest BCUT2D eigenvalue weighted by molar-refractivity contribution is 0.102. The number of hydrogen-bond acceptors (Lipinski definition) is 5. The second-order valence-electron chi connectivity index (χ2n) is 6.23. The number of anilines is 1. The quantitative estimate of drug-likeness (QED) is 0.883. The Morgan fingerprint density at radius 1 is 1.28 bits per heavy atom. The lowest BCUT2D eigenvalue weighted by Gasteiger charge is -2.15. The van der Waals surface area contributed by atoms with Crippen molar-refractivity contribution in [3.8, 4) is 0 Å². The van der Waals surface area contributed by atoms with Crippen LogP contribution in [0.1, 0.15) is 34.1 Å². The second-order valence-corrected chi connectivity index (χ2v) is 9.44. The molecule has 6 nitrogen and oxygen atoms in total. The summed E-state index contributed by atoms with van der Waals surface area (Å²) in [4.78, 5) is 12.5. The first-order valence-corrected chi connectivity index (χ1v) is 10.9. The van der Waals surface area contributed by atoms with Gasteiger partial charge in [-0.05, 0) is 30.7 Å². The first-order valence-electron chi connectivity index (χ1n) is 7.88. The molecule has 9 heteroatoms. The van der Waals surface area contributed by atoms with E-state index < -0.39 is 15.7 Å². The molecule has 1 N–H and O–H groups in total. The van der Waals surface area contributed by atoms with Crippen LogP contribution < -0.4 is 5.32 Å². The zero-order chi connectivity index (χ0) is 17.6. The molecular weight excluding hydrogens is 365 g/mol. The fraction of sp³-hybridized carbons (Fsp3) is 0.375. The average molecular weight is 381 g/mol. The van der Waals surface area contributed by atoms with E-state index in [2.05, 4.69) is 10.4 Å². The standard InChI is InChI=1S/C16H16FN3O3S2/c17-11-3-1-10(2-4-11)16(21)18-15-13-7-24-8-14(13)19-20(15)12-5-6-25(22,23)9-12/h1-4,12H,5-9H2,(H,18,21). The first-order chi connectivity index (χ1) is 11.9. The Morgan fingerprint density at radius 3 is 2.72 bits per heavy atom. The van der Waals surface area contributed by atoms with Gasteiger partial charge in [-0.25, -0.2) is 17.5 Å². The fourth-order valence-corrected chi connectivity index (χ4v) is 5.91. The number of nitrogens with one attached hydrogen (secondary N) is 1. The Kier molecular flexibility index (Phi) is 4.07. The summed E-state index contributed by atoms with van der Waals surface area (Å²) in [5.41, 5.74) is 2.18. The molecule has 1 atom stereocenters. The van der Waals surface area contributed by atoms with Crippen LogP contribution >= 0.6 is 11.8 Å². The molecule has 1 aromatic carbocycles. The maximum absolute atomic E-state index is 13.0. The summed E-state index contributed by atoms with van der Waals surface area (Å²) in [6.45, 7) is 0. The highest BCUT2D eigenvalue weighted by Crippen LogP contribution is 2.38. The van der Waals surface area contributed by atoms with Crippen LogP contribution in [0.5, 0.6) is 0 Å². The summed E-state index contributed by atoms with van der Waals surface area (Å²) in [7, 11) is -3.06. The van der Waals surface area contributed by atoms with Gasteiger partial charge in [0, 0.05) is 22.6 Å². The largest absolute Gasteiger partial charge is 0.306 e. The molecule has 132 valence electrons. The van der Waals surface area contributed by atoms with Crippen LogP contribution in [0.2, 0.25) is 0 Å². The second kappa shape index (κ2) is 6.14. The van der Waals surface area contributed by atoms with Crippen molar-refractivity contribution in [3.63, 3.8) is 0 Å². The molecule has 2 aliphatic heterocycles. The first kappa shape index (κ1) is 16.6. The fourth-order valence-electron chi connectivity index (χ4n) is 3.18. The third-order valence-electron chi connectivity index (χ3n) is 4.47. The molecule has 1 fully saturated rings. The number of benzene rings is 1. The molecule has 0 spiro atoms. The van der Waals surface area contributed by atoms with Crippen LogP contribution in [-0.4, -0.2) is 35.6 Å². The number of carbonyl (C=O) groups is 1. The highest BCUT2D eigenvalue weighted by molar-refractivity contribution is 7.98. The number of halogens is 1. The van der Waals surface area contributed by atoms with Crippen molar-refractivity contribution >= 4 is 33.3 Å². The number of aromatic nitrogens is 2. The Labute approximate surface area is 148 Å². The lowest BCUT2D eigenvalue weighted by Crippen LogP contribution is -2.20. The average Bonchev–Trinajstić information content (AvgIpc) is 3.23. The van der Waals surface area contributed by atoms with Crippen LogP contribution in [0.15, 0.2) is 24.3 Å². The highest BCUT2D eigenvalue weighted by atomic mass is 32.2. The summed E-state index contributed by atoms with van der Waals surface area (Å²) in [5, 5.41) is 7.42. The Balaban J connectivity index is 1.66. The van der Waals surface area contributed by atoms with Gasteiger partial charge in [0.25, 0.3) is 5.91 Å². The molecule has 2 aromatic rings. The smallest absolute Gasteiger partial charge is 0.256 e. The summed E-state index contributed by atoms with van der Waals surface area (Å²) < 4.78 is 38.3. The molecule has 2 aliphatic rings. The Morgan fingerprint density at radius 2 is 2.04 bits per heavy atom. The minimum atomic E-state index is -3.06. The van der Waals surface area contributed by atoms with Crippen molar-refractivity contribution in [1.29, 1.82) is 0 Å². The number of nitrogens with zero attached hydrogens (tertiary/aromatic N) is 2. The molecule has 0 radical (unpaired) electrons. The van der Waals surface area contributed by atoms with Gasteiger partial charge in [-0.3, -0.25) is 4.79 Å². The van der Waals surface area contributed by atoms with Gasteiger partial charge >= 0.3 is 0 Å². The van der Waals surface area contributed by atoms with E-state index in [1.54, 1.807) is 16.4 Å². The molecule has 25 heavy (non-hydrogen) atoms. The number of fused-ring (bicyclic) bond motifs is 1. The van der Waals surface area contributed by atoms with E-state index in [1.807, 2.05) is 0 Å². The summed E-state index contributed by atoms with van der Waals surface area (Å²) in [6.07, 6.45) is 0.495. The van der Waals surface area contributed by atoms with E-state index >= 15 is 0 Å². The van der Waals surface area contributed by atoms with Crippen LogP contribution in [0.4, 0.5) is 10.2 Å². The molecule has 0 saturated carbocycles. The molecule has 0 bridgehead atoms. The Hall–Kier alpha value is -1.87. The van der Waals surface area contributed by atoms with Gasteiger partial charge in [-0.1, -0.05) is 0 Å². The predicted octanol–water partition coefficient (Wildman–Crippen LogP) is 2.38. The maximum atomic E-state index is 13.0. The molecule has 3 heterocycles. The number of rotatable bonds is 3. The molecule has 1 saturated heterocycles. The van der Waals surface area contributed by atoms with Crippen molar-refractivity contribution in [2.45, 2.75) is 24.0 Å². The van der Waals surface area contributed by atoms with Crippen molar-refractivity contribution in [3.05, 3.63) is 46.9 Å². The monoisotopic (exact) mass is 381 g/mol. The van der Waals surface area contributed by atoms with Crippen molar-refractivity contribution in [1.82, 2.24) is 9.78 Å². The normalized spacial score (nSPS) is 21.2. The highest BCUT2D eigenvalue weighted by Gasteiger charge is 2.34. The number of thioether (sulfide) groups is 1. The third-order valence-corrected chi connectivity index (χ3v) is 7.19. The van der Waals surface area contributed by atoms with E-state index in [1.165, 1.54) is 24.3 Å². The van der Waals surface area contributed by atoms with Gasteiger partial charge in [0.2, 0.25) is 0 Å². The zero-order valence-corrected chi connectivity index (χ0v) is 14.9. The Bertz CT molecular complexity index is 938. The van der Waals surface area contributed by atoms with Gasteiger partial charge in [-0.2, -0.15) is 16.9 Å². The van der Waals surface area contributed by atoms with Crippen LogP contribution in [0, 0.1) is 5.82 Å². The maximum Gasteiger partial charge on any atom is 0.256 e. The number of hydrogen-bond donors (Lipinski definition) is 1. The lowest BCUT2D eigenvalue weighted by atomic mass is 10.2. The van der Waals surface area contributed by atoms with Gasteiger partial charge in [0.05, 0.1) is 23.2 Å². The summed E-state index contributed by atoms with van der Waals surface area (Å²) >= 11 is 1.70. The van der Waals surface area contributed by atoms with Crippen molar-refractivity contribution < 1.29 is 17.6 Å². The minimum Gasteiger partial charge on any atom is -0.306 e. The summed E-state index contributed by atoms with van der Waals surface area (Å²) in [5.74, 6) is 1.46. The zero-order valence-electron chi connectivity index (χ0n) is 13.2. The van der Waals surface area contributed by atoms with E-state index in [0.29, 0.717) is 17.8 Å². The molecule has 1 aromatic heterocycles. The molecule has 4 rings (SSSR count). The van der Waals surface area contributed by atoms with E-state index in [-0.39, 0.29) is 23.5 Å². The van der Waals surface area contributed by atoms with Crippen molar-refractivity contribution in [2.24, 2.45) is 0 Å². The SMILES string of the molecule is O=C(Nc1c2c(nn1C1CCS(=O)(=O)C1)CSC2)c1ccc(F)cc1. The van der Waals surface area contributed by atoms with E-state index in [4.69, 9.17) is 0 Å². The topological polar surface area (TPSA) is 81.1 Å². The molecule has 1 amide bonds. The molecule has 0 aliphatic carbocycles. The van der Waals surface area contributed by atoms with E-state index in [0.717, 1.165) is 22.8 Å². The van der Waals surface area contributed by atoms with Gasteiger partial charge in [-0.15, -0.1) is 0 Å². The van der Waals surface area contributed by atoms with Crippen LogP contribution in [0.3, 0.4) is 0 Å². The number of sulfone groups is 1. The van der Waals surface area contributed by atoms with E-state index in [9.17, 15) is 17.6 Å². The predicted molar refractivity (Wildman–Crippen MR) is 93.9 cm³/mol. The molecular formula is C16H16FN3O3S2. The van der Waals surface area contributed by atoms with Gasteiger partial charge < -0.3 is 5.32 Å². The summed E-state index contributed by atoms with van der Waals surface area (Å²) in [6, 6.07) is 5.04. The van der Waals surface area contributed by atoms with Crippen LogP contribution in [-0.2, 0) is 21.3 Å². The van der Waals surface area contributed by atoms with Crippen LogP contribution in [0.25, 0.3) is 0 Å².